The number of likely N-dealkylation sites (tertiary alicyclic amines) is 1. The normalized spacial score (nSPS) is 18.8. The number of nitrogens with zero attached hydrogens (tertiary/aromatic N) is 3. The van der Waals surface area contributed by atoms with Crippen LogP contribution in [0, 0.1) is 0 Å². The predicted molar refractivity (Wildman–Crippen MR) is 114 cm³/mol. The van der Waals surface area contributed by atoms with Crippen molar-refractivity contribution in [3.63, 3.8) is 0 Å². The summed E-state index contributed by atoms with van der Waals surface area (Å²) in [5.41, 5.74) is 1.25. The van der Waals surface area contributed by atoms with E-state index in [2.05, 4.69) is 46.3 Å². The zero-order chi connectivity index (χ0) is 16.5. The van der Waals surface area contributed by atoms with E-state index in [1.54, 1.807) is 0 Å². The van der Waals surface area contributed by atoms with E-state index < -0.39 is 0 Å². The second-order valence-electron chi connectivity index (χ2n) is 6.68. The highest BCUT2D eigenvalue weighted by atomic mass is 127. The van der Waals surface area contributed by atoms with Gasteiger partial charge in [-0.2, -0.15) is 0 Å². The smallest absolute Gasteiger partial charge is 0.193 e. The van der Waals surface area contributed by atoms with Crippen LogP contribution in [0.15, 0.2) is 35.3 Å². The van der Waals surface area contributed by atoms with Crippen LogP contribution in [0.2, 0.25) is 0 Å². The molecule has 136 valence electrons. The second-order valence-corrected chi connectivity index (χ2v) is 6.68. The first-order valence-electron chi connectivity index (χ1n) is 8.90. The fraction of sp³-hybridized carbons (Fsp3) is 0.632. The number of piperidine rings is 1. The van der Waals surface area contributed by atoms with Crippen LogP contribution in [0.3, 0.4) is 0 Å². The molecule has 1 unspecified atom stereocenters. The second kappa shape index (κ2) is 11.7. The van der Waals surface area contributed by atoms with Crippen molar-refractivity contribution in [2.45, 2.75) is 45.2 Å². The molecular weight excluding hydrogens is 411 g/mol. The fourth-order valence-corrected chi connectivity index (χ4v) is 3.08. The Morgan fingerprint density at radius 3 is 2.67 bits per heavy atom. The van der Waals surface area contributed by atoms with Crippen LogP contribution in [-0.2, 0) is 6.54 Å². The van der Waals surface area contributed by atoms with Crippen LogP contribution in [0.25, 0.3) is 0 Å². The average Bonchev–Trinajstić information content (AvgIpc) is 2.56. The lowest BCUT2D eigenvalue weighted by Crippen LogP contribution is -2.41. The van der Waals surface area contributed by atoms with Gasteiger partial charge in [0.05, 0.1) is 6.54 Å². The highest BCUT2D eigenvalue weighted by molar-refractivity contribution is 14.0. The standard InChI is InChI=1S/C19H32N4.HI/c1-17-10-7-8-14-23(17)15-9-13-20-19(22(2)3)21-16-18-11-5-4-6-12-18;/h4-6,11-12,17H,7-10,13-16H2,1-3H3,(H,20,21);1H. The minimum atomic E-state index is 0. The molecule has 1 N–H and O–H groups in total. The number of benzene rings is 1. The van der Waals surface area contributed by atoms with E-state index in [-0.39, 0.29) is 24.0 Å². The number of halogens is 1. The molecule has 1 aromatic rings. The Balaban J connectivity index is 0.00000288. The molecule has 0 amide bonds. The van der Waals surface area contributed by atoms with Crippen molar-refractivity contribution < 1.29 is 0 Å². The molecule has 1 heterocycles. The lowest BCUT2D eigenvalue weighted by Gasteiger charge is -2.33. The van der Waals surface area contributed by atoms with Gasteiger partial charge in [-0.15, -0.1) is 24.0 Å². The maximum atomic E-state index is 4.71. The Kier molecular flexibility index (Phi) is 10.3. The lowest BCUT2D eigenvalue weighted by molar-refractivity contribution is 0.159. The third-order valence-corrected chi connectivity index (χ3v) is 4.52. The lowest BCUT2D eigenvalue weighted by atomic mass is 10.0. The van der Waals surface area contributed by atoms with Gasteiger partial charge in [0.1, 0.15) is 0 Å². The summed E-state index contributed by atoms with van der Waals surface area (Å²) in [6.45, 7) is 6.52. The Bertz CT molecular complexity index is 476. The molecule has 1 saturated heterocycles. The van der Waals surface area contributed by atoms with E-state index in [0.717, 1.165) is 25.1 Å². The monoisotopic (exact) mass is 444 g/mol. The molecular formula is C19H33IN4. The molecule has 1 atom stereocenters. The van der Waals surface area contributed by atoms with E-state index in [4.69, 9.17) is 4.99 Å². The highest BCUT2D eigenvalue weighted by Crippen LogP contribution is 2.16. The van der Waals surface area contributed by atoms with Gasteiger partial charge in [-0.3, -0.25) is 0 Å². The van der Waals surface area contributed by atoms with Gasteiger partial charge < -0.3 is 15.1 Å². The van der Waals surface area contributed by atoms with E-state index in [1.165, 1.54) is 44.3 Å². The number of hydrogen-bond donors (Lipinski definition) is 1. The minimum absolute atomic E-state index is 0. The summed E-state index contributed by atoms with van der Waals surface area (Å²) in [4.78, 5) is 9.40. The first-order chi connectivity index (χ1) is 11.2. The van der Waals surface area contributed by atoms with Crippen molar-refractivity contribution >= 4 is 29.9 Å². The minimum Gasteiger partial charge on any atom is -0.356 e. The summed E-state index contributed by atoms with van der Waals surface area (Å²) in [7, 11) is 4.09. The summed E-state index contributed by atoms with van der Waals surface area (Å²) in [6.07, 6.45) is 5.28. The number of aliphatic imine (C=N–C) groups is 1. The van der Waals surface area contributed by atoms with Gasteiger partial charge in [0.2, 0.25) is 0 Å². The third kappa shape index (κ3) is 7.38. The Morgan fingerprint density at radius 1 is 1.25 bits per heavy atom. The Hall–Kier alpha value is -0.820. The van der Waals surface area contributed by atoms with Crippen molar-refractivity contribution in [2.75, 3.05) is 33.7 Å². The predicted octanol–water partition coefficient (Wildman–Crippen LogP) is 3.58. The largest absolute Gasteiger partial charge is 0.356 e. The van der Waals surface area contributed by atoms with Crippen LogP contribution < -0.4 is 5.32 Å². The van der Waals surface area contributed by atoms with Gasteiger partial charge in [0, 0.05) is 33.2 Å². The van der Waals surface area contributed by atoms with Crippen molar-refractivity contribution in [1.82, 2.24) is 15.1 Å². The van der Waals surface area contributed by atoms with Crippen molar-refractivity contribution in [3.8, 4) is 0 Å². The molecule has 1 aromatic carbocycles. The molecule has 4 nitrogen and oxygen atoms in total. The average molecular weight is 444 g/mol. The van der Waals surface area contributed by atoms with Gasteiger partial charge in [-0.05, 0) is 38.3 Å². The first kappa shape index (κ1) is 21.2. The van der Waals surface area contributed by atoms with Gasteiger partial charge in [-0.25, -0.2) is 4.99 Å². The number of hydrogen-bond acceptors (Lipinski definition) is 2. The van der Waals surface area contributed by atoms with E-state index >= 15 is 0 Å². The van der Waals surface area contributed by atoms with Crippen LogP contribution in [-0.4, -0.2) is 55.5 Å². The summed E-state index contributed by atoms with van der Waals surface area (Å²) in [6, 6.07) is 11.2. The van der Waals surface area contributed by atoms with Crippen LogP contribution >= 0.6 is 24.0 Å². The zero-order valence-corrected chi connectivity index (χ0v) is 17.7. The zero-order valence-electron chi connectivity index (χ0n) is 15.4. The molecule has 0 spiro atoms. The van der Waals surface area contributed by atoms with E-state index in [0.29, 0.717) is 0 Å². The number of guanidine groups is 1. The fourth-order valence-electron chi connectivity index (χ4n) is 3.08. The topological polar surface area (TPSA) is 30.9 Å². The van der Waals surface area contributed by atoms with Gasteiger partial charge in [0.15, 0.2) is 5.96 Å². The van der Waals surface area contributed by atoms with Crippen LogP contribution in [0.4, 0.5) is 0 Å². The van der Waals surface area contributed by atoms with Crippen molar-refractivity contribution in [1.29, 1.82) is 0 Å². The van der Waals surface area contributed by atoms with Crippen molar-refractivity contribution in [2.24, 2.45) is 4.99 Å². The molecule has 0 aromatic heterocycles. The Labute approximate surface area is 164 Å². The Morgan fingerprint density at radius 2 is 2.00 bits per heavy atom. The van der Waals surface area contributed by atoms with E-state index in [1.807, 2.05) is 20.2 Å². The van der Waals surface area contributed by atoms with Crippen LogP contribution in [0.5, 0.6) is 0 Å². The molecule has 24 heavy (non-hydrogen) atoms. The molecule has 1 aliphatic heterocycles. The van der Waals surface area contributed by atoms with Crippen LogP contribution in [0.1, 0.15) is 38.2 Å². The molecule has 0 saturated carbocycles. The molecule has 0 bridgehead atoms. The quantitative estimate of drug-likeness (QED) is 0.315. The summed E-state index contributed by atoms with van der Waals surface area (Å²) >= 11 is 0. The number of rotatable bonds is 6. The maximum absolute atomic E-state index is 4.71. The molecule has 5 heteroatoms. The highest BCUT2D eigenvalue weighted by Gasteiger charge is 2.17. The van der Waals surface area contributed by atoms with Gasteiger partial charge in [-0.1, -0.05) is 36.8 Å². The number of nitrogens with one attached hydrogen (secondary N) is 1. The molecule has 0 radical (unpaired) electrons. The summed E-state index contributed by atoms with van der Waals surface area (Å²) < 4.78 is 0. The maximum Gasteiger partial charge on any atom is 0.193 e. The van der Waals surface area contributed by atoms with Crippen molar-refractivity contribution in [3.05, 3.63) is 35.9 Å². The summed E-state index contributed by atoms with van der Waals surface area (Å²) in [5.74, 6) is 0.973. The molecule has 0 aliphatic carbocycles. The van der Waals surface area contributed by atoms with E-state index in [9.17, 15) is 0 Å². The SMILES string of the molecule is CC1CCCCN1CCCNC(=NCc1ccccc1)N(C)C.I. The first-order valence-corrected chi connectivity index (χ1v) is 8.90. The molecule has 1 fully saturated rings. The van der Waals surface area contributed by atoms with Gasteiger partial charge in [0.25, 0.3) is 0 Å². The molecule has 1 aliphatic rings. The van der Waals surface area contributed by atoms with Gasteiger partial charge >= 0.3 is 0 Å². The molecule has 2 rings (SSSR count). The third-order valence-electron chi connectivity index (χ3n) is 4.52. The summed E-state index contributed by atoms with van der Waals surface area (Å²) in [5, 5.41) is 3.49.